The molecule has 0 aromatic heterocycles. The highest BCUT2D eigenvalue weighted by Crippen LogP contribution is 2.25. The van der Waals surface area contributed by atoms with Gasteiger partial charge in [0.15, 0.2) is 0 Å². The van der Waals surface area contributed by atoms with Gasteiger partial charge in [-0.05, 0) is 44.1 Å². The van der Waals surface area contributed by atoms with Crippen LogP contribution < -0.4 is 5.32 Å². The van der Waals surface area contributed by atoms with E-state index in [9.17, 15) is 9.59 Å². The van der Waals surface area contributed by atoms with E-state index in [-0.39, 0.29) is 12.3 Å². The lowest BCUT2D eigenvalue weighted by Crippen LogP contribution is -2.51. The van der Waals surface area contributed by atoms with E-state index in [1.807, 2.05) is 4.90 Å². The van der Waals surface area contributed by atoms with Gasteiger partial charge in [0, 0.05) is 32.5 Å². The van der Waals surface area contributed by atoms with E-state index in [0.717, 1.165) is 25.4 Å². The fourth-order valence-electron chi connectivity index (χ4n) is 3.87. The molecule has 2 atom stereocenters. The molecule has 1 aliphatic heterocycles. The molecule has 5 heteroatoms. The van der Waals surface area contributed by atoms with Crippen molar-refractivity contribution < 1.29 is 14.7 Å². The van der Waals surface area contributed by atoms with Crippen molar-refractivity contribution in [2.75, 3.05) is 19.6 Å². The molecule has 126 valence electrons. The van der Waals surface area contributed by atoms with Crippen molar-refractivity contribution in [3.05, 3.63) is 0 Å². The number of amides is 1. The highest BCUT2D eigenvalue weighted by Gasteiger charge is 2.29. The molecule has 0 aromatic carbocycles. The van der Waals surface area contributed by atoms with Crippen molar-refractivity contribution in [2.45, 2.75) is 64.3 Å². The Bertz CT molecular complexity index is 380. The largest absolute Gasteiger partial charge is 0.481 e. The molecule has 2 N–H and O–H groups in total. The maximum Gasteiger partial charge on any atom is 0.303 e. The first-order valence-electron chi connectivity index (χ1n) is 8.75. The first kappa shape index (κ1) is 17.3. The van der Waals surface area contributed by atoms with Gasteiger partial charge in [0.1, 0.15) is 0 Å². The van der Waals surface area contributed by atoms with E-state index in [1.54, 1.807) is 6.92 Å². The zero-order valence-corrected chi connectivity index (χ0v) is 13.7. The smallest absolute Gasteiger partial charge is 0.303 e. The molecule has 1 aliphatic carbocycles. The molecule has 1 saturated heterocycles. The molecule has 1 amide bonds. The Labute approximate surface area is 133 Å². The predicted molar refractivity (Wildman–Crippen MR) is 85.6 cm³/mol. The summed E-state index contributed by atoms with van der Waals surface area (Å²) in [4.78, 5) is 24.4. The molecular formula is C17H30N2O3. The van der Waals surface area contributed by atoms with Crippen LogP contribution in [0.4, 0.5) is 0 Å². The molecule has 2 fully saturated rings. The van der Waals surface area contributed by atoms with Gasteiger partial charge in [-0.1, -0.05) is 19.3 Å². The molecule has 5 nitrogen and oxygen atoms in total. The maximum atomic E-state index is 11.7. The van der Waals surface area contributed by atoms with Crippen LogP contribution in [0, 0.1) is 11.8 Å². The zero-order chi connectivity index (χ0) is 15.9. The molecule has 2 rings (SSSR count). The summed E-state index contributed by atoms with van der Waals surface area (Å²) in [6.45, 7) is 4.13. The summed E-state index contributed by atoms with van der Waals surface area (Å²) in [7, 11) is 0. The minimum absolute atomic E-state index is 0.101. The predicted octanol–water partition coefficient (Wildman–Crippen LogP) is 2.26. The van der Waals surface area contributed by atoms with Gasteiger partial charge < -0.3 is 15.3 Å². The summed E-state index contributed by atoms with van der Waals surface area (Å²) in [5.74, 6) is 0.438. The van der Waals surface area contributed by atoms with Crippen molar-refractivity contribution in [3.63, 3.8) is 0 Å². The number of hydrogen-bond donors (Lipinski definition) is 2. The molecule has 0 spiro atoms. The molecule has 22 heavy (non-hydrogen) atoms. The number of piperidine rings is 1. The molecule has 1 saturated carbocycles. The van der Waals surface area contributed by atoms with Crippen molar-refractivity contribution in [3.8, 4) is 0 Å². The van der Waals surface area contributed by atoms with Gasteiger partial charge in [-0.15, -0.1) is 0 Å². The Balaban J connectivity index is 1.82. The van der Waals surface area contributed by atoms with E-state index in [2.05, 4.69) is 5.32 Å². The van der Waals surface area contributed by atoms with Crippen LogP contribution in [0.2, 0.25) is 0 Å². The Morgan fingerprint density at radius 2 is 1.86 bits per heavy atom. The number of rotatable bonds is 6. The average molecular weight is 310 g/mol. The van der Waals surface area contributed by atoms with Crippen LogP contribution in [-0.4, -0.2) is 47.6 Å². The summed E-state index contributed by atoms with van der Waals surface area (Å²) in [6, 6.07) is 0.318. The lowest BCUT2D eigenvalue weighted by molar-refractivity contribution is -0.137. The number of aliphatic carboxylic acids is 1. The number of nitrogens with zero attached hydrogens (tertiary/aromatic N) is 1. The van der Waals surface area contributed by atoms with Gasteiger partial charge in [0.05, 0.1) is 0 Å². The SMILES string of the molecule is CC(=O)N1CC(CCC(=O)O)CC(NCC2CCCCC2)C1. The lowest BCUT2D eigenvalue weighted by Gasteiger charge is -2.38. The fourth-order valence-corrected chi connectivity index (χ4v) is 3.87. The van der Waals surface area contributed by atoms with Crippen LogP contribution in [0.25, 0.3) is 0 Å². The molecule has 1 heterocycles. The van der Waals surface area contributed by atoms with E-state index >= 15 is 0 Å². The lowest BCUT2D eigenvalue weighted by atomic mass is 9.87. The van der Waals surface area contributed by atoms with Crippen LogP contribution in [-0.2, 0) is 9.59 Å². The third-order valence-electron chi connectivity index (χ3n) is 5.17. The second kappa shape index (κ2) is 8.51. The summed E-state index contributed by atoms with van der Waals surface area (Å²) in [6.07, 6.45) is 8.55. The van der Waals surface area contributed by atoms with Crippen molar-refractivity contribution in [1.82, 2.24) is 10.2 Å². The third-order valence-corrected chi connectivity index (χ3v) is 5.17. The first-order chi connectivity index (χ1) is 10.5. The molecule has 0 aromatic rings. The summed E-state index contributed by atoms with van der Waals surface area (Å²) in [5, 5.41) is 12.5. The Morgan fingerprint density at radius 1 is 1.14 bits per heavy atom. The third kappa shape index (κ3) is 5.59. The first-order valence-corrected chi connectivity index (χ1v) is 8.75. The Morgan fingerprint density at radius 3 is 2.50 bits per heavy atom. The highest BCUT2D eigenvalue weighted by molar-refractivity contribution is 5.73. The van der Waals surface area contributed by atoms with Crippen LogP contribution >= 0.6 is 0 Å². The van der Waals surface area contributed by atoms with Gasteiger partial charge in [0.2, 0.25) is 5.91 Å². The van der Waals surface area contributed by atoms with Crippen molar-refractivity contribution in [1.29, 1.82) is 0 Å². The van der Waals surface area contributed by atoms with Crippen LogP contribution in [0.3, 0.4) is 0 Å². The molecule has 0 bridgehead atoms. The zero-order valence-electron chi connectivity index (χ0n) is 13.7. The number of likely N-dealkylation sites (tertiary alicyclic amines) is 1. The second-order valence-corrected chi connectivity index (χ2v) is 7.07. The van der Waals surface area contributed by atoms with Gasteiger partial charge in [-0.3, -0.25) is 9.59 Å². The number of carboxylic acid groups (broad SMARTS) is 1. The van der Waals surface area contributed by atoms with Gasteiger partial charge in [-0.25, -0.2) is 0 Å². The number of carbonyl (C=O) groups excluding carboxylic acids is 1. The second-order valence-electron chi connectivity index (χ2n) is 7.07. The summed E-state index contributed by atoms with van der Waals surface area (Å²) < 4.78 is 0. The van der Waals surface area contributed by atoms with Crippen molar-refractivity contribution in [2.24, 2.45) is 11.8 Å². The molecule has 2 unspecified atom stereocenters. The van der Waals surface area contributed by atoms with E-state index in [0.29, 0.717) is 24.9 Å². The maximum absolute atomic E-state index is 11.7. The van der Waals surface area contributed by atoms with Crippen molar-refractivity contribution >= 4 is 11.9 Å². The topological polar surface area (TPSA) is 69.6 Å². The number of carboxylic acids is 1. The van der Waals surface area contributed by atoms with E-state index < -0.39 is 5.97 Å². The van der Waals surface area contributed by atoms with Crippen LogP contribution in [0.5, 0.6) is 0 Å². The number of hydrogen-bond acceptors (Lipinski definition) is 3. The molecule has 2 aliphatic rings. The fraction of sp³-hybridized carbons (Fsp3) is 0.882. The molecular weight excluding hydrogens is 280 g/mol. The van der Waals surface area contributed by atoms with E-state index in [4.69, 9.17) is 5.11 Å². The van der Waals surface area contributed by atoms with Crippen LogP contribution in [0.1, 0.15) is 58.3 Å². The monoisotopic (exact) mass is 310 g/mol. The van der Waals surface area contributed by atoms with E-state index in [1.165, 1.54) is 32.1 Å². The highest BCUT2D eigenvalue weighted by atomic mass is 16.4. The summed E-state index contributed by atoms with van der Waals surface area (Å²) >= 11 is 0. The quantitative estimate of drug-likeness (QED) is 0.789. The van der Waals surface area contributed by atoms with Gasteiger partial charge in [0.25, 0.3) is 0 Å². The minimum Gasteiger partial charge on any atom is -0.481 e. The minimum atomic E-state index is -0.744. The van der Waals surface area contributed by atoms with Crippen LogP contribution in [0.15, 0.2) is 0 Å². The Hall–Kier alpha value is -1.10. The number of nitrogens with one attached hydrogen (secondary N) is 1. The molecule has 0 radical (unpaired) electrons. The Kier molecular flexibility index (Phi) is 6.68. The normalized spacial score (nSPS) is 26.9. The number of carbonyl (C=O) groups is 2. The average Bonchev–Trinajstić information content (AvgIpc) is 2.52. The standard InChI is InChI=1S/C17H30N2O3/c1-13(20)19-11-15(7-8-17(21)22)9-16(12-19)18-10-14-5-3-2-4-6-14/h14-16,18H,2-12H2,1H3,(H,21,22). The van der Waals surface area contributed by atoms with Gasteiger partial charge in [-0.2, -0.15) is 0 Å². The van der Waals surface area contributed by atoms with Gasteiger partial charge >= 0.3 is 5.97 Å². The summed E-state index contributed by atoms with van der Waals surface area (Å²) in [5.41, 5.74) is 0.